The monoisotopic (exact) mass is 240 g/mol. The molecule has 0 aromatic heterocycles. The first-order chi connectivity index (χ1) is 8.31. The van der Waals surface area contributed by atoms with E-state index in [1.54, 1.807) is 0 Å². The lowest BCUT2D eigenvalue weighted by Crippen LogP contribution is -2.38. The number of hydrogen-bond acceptors (Lipinski definition) is 3. The number of aliphatic hydroxyl groups is 1. The van der Waals surface area contributed by atoms with Crippen molar-refractivity contribution in [1.82, 2.24) is 10.2 Å². The van der Waals surface area contributed by atoms with Crippen molar-refractivity contribution in [2.75, 3.05) is 26.2 Å². The third-order valence-corrected chi connectivity index (χ3v) is 3.82. The van der Waals surface area contributed by atoms with Crippen LogP contribution in [0.4, 0.5) is 0 Å². The molecule has 0 aromatic carbocycles. The molecular formula is C14H28N2O. The molecule has 1 atom stereocenters. The van der Waals surface area contributed by atoms with Crippen molar-refractivity contribution in [2.45, 2.75) is 57.5 Å². The van der Waals surface area contributed by atoms with Gasteiger partial charge in [-0.3, -0.25) is 0 Å². The highest BCUT2D eigenvalue weighted by atomic mass is 16.3. The van der Waals surface area contributed by atoms with Gasteiger partial charge in [-0.15, -0.1) is 0 Å². The number of rotatable bonds is 10. The molecule has 2 rings (SSSR count). The Hall–Kier alpha value is -0.120. The van der Waals surface area contributed by atoms with E-state index in [-0.39, 0.29) is 0 Å². The van der Waals surface area contributed by atoms with Gasteiger partial charge in [0.25, 0.3) is 0 Å². The second-order valence-electron chi connectivity index (χ2n) is 5.85. The fourth-order valence-corrected chi connectivity index (χ4v) is 2.43. The Labute approximate surface area is 106 Å². The molecule has 0 aliphatic heterocycles. The molecule has 17 heavy (non-hydrogen) atoms. The summed E-state index contributed by atoms with van der Waals surface area (Å²) in [4.78, 5) is 2.59. The molecule has 100 valence electrons. The average molecular weight is 240 g/mol. The third-order valence-electron chi connectivity index (χ3n) is 3.82. The van der Waals surface area contributed by atoms with Crippen molar-refractivity contribution in [3.63, 3.8) is 0 Å². The molecule has 0 radical (unpaired) electrons. The molecule has 0 aromatic rings. The topological polar surface area (TPSA) is 35.5 Å². The van der Waals surface area contributed by atoms with Crippen molar-refractivity contribution in [2.24, 2.45) is 5.92 Å². The molecule has 2 fully saturated rings. The molecule has 0 bridgehead atoms. The van der Waals surface area contributed by atoms with Gasteiger partial charge in [-0.1, -0.05) is 6.92 Å². The summed E-state index contributed by atoms with van der Waals surface area (Å²) in [7, 11) is 0. The molecule has 3 nitrogen and oxygen atoms in total. The Morgan fingerprint density at radius 2 is 2.00 bits per heavy atom. The maximum atomic E-state index is 9.36. The lowest BCUT2D eigenvalue weighted by atomic mass is 10.2. The standard InChI is InChI=1S/C14H28N2O/c1-2-8-16(10-12-3-4-12)9-7-14(11-17)15-13-5-6-13/h12-15,17H,2-11H2,1H3. The Morgan fingerprint density at radius 3 is 2.53 bits per heavy atom. The second-order valence-corrected chi connectivity index (χ2v) is 5.85. The summed E-state index contributed by atoms with van der Waals surface area (Å²) in [5, 5.41) is 12.9. The van der Waals surface area contributed by atoms with E-state index in [4.69, 9.17) is 0 Å². The van der Waals surface area contributed by atoms with Crippen molar-refractivity contribution in [3.8, 4) is 0 Å². The molecule has 3 heteroatoms. The van der Waals surface area contributed by atoms with Gasteiger partial charge < -0.3 is 15.3 Å². The van der Waals surface area contributed by atoms with Gasteiger partial charge in [0.05, 0.1) is 6.61 Å². The first kappa shape index (κ1) is 13.3. The van der Waals surface area contributed by atoms with E-state index in [2.05, 4.69) is 17.1 Å². The van der Waals surface area contributed by atoms with Crippen LogP contribution in [0, 0.1) is 5.92 Å². The molecule has 2 saturated carbocycles. The minimum atomic E-state index is 0.292. The Morgan fingerprint density at radius 1 is 1.24 bits per heavy atom. The van der Waals surface area contributed by atoms with Crippen LogP contribution in [0.1, 0.15) is 45.4 Å². The number of aliphatic hydroxyl groups excluding tert-OH is 1. The molecule has 0 saturated heterocycles. The number of nitrogens with zero attached hydrogens (tertiary/aromatic N) is 1. The highest BCUT2D eigenvalue weighted by Crippen LogP contribution is 2.29. The first-order valence-corrected chi connectivity index (χ1v) is 7.41. The highest BCUT2D eigenvalue weighted by Gasteiger charge is 2.26. The van der Waals surface area contributed by atoms with E-state index < -0.39 is 0 Å². The molecule has 2 aliphatic rings. The number of hydrogen-bond donors (Lipinski definition) is 2. The fraction of sp³-hybridized carbons (Fsp3) is 1.00. The average Bonchev–Trinajstić information content (AvgIpc) is 3.19. The summed E-state index contributed by atoms with van der Waals surface area (Å²) in [6.07, 6.45) is 7.81. The summed E-state index contributed by atoms with van der Waals surface area (Å²) in [6.45, 7) is 6.20. The Kier molecular flexibility index (Phi) is 5.26. The largest absolute Gasteiger partial charge is 0.395 e. The van der Waals surface area contributed by atoms with Crippen LogP contribution in [0.3, 0.4) is 0 Å². The summed E-state index contributed by atoms with van der Waals surface area (Å²) in [5.41, 5.74) is 0. The molecular weight excluding hydrogens is 212 g/mol. The first-order valence-electron chi connectivity index (χ1n) is 7.41. The van der Waals surface area contributed by atoms with Gasteiger partial charge in [-0.25, -0.2) is 0 Å². The van der Waals surface area contributed by atoms with Gasteiger partial charge in [-0.2, -0.15) is 0 Å². The highest BCUT2D eigenvalue weighted by molar-refractivity contribution is 4.85. The van der Waals surface area contributed by atoms with Gasteiger partial charge in [0.15, 0.2) is 0 Å². The minimum absolute atomic E-state index is 0.292. The SMILES string of the molecule is CCCN(CCC(CO)NC1CC1)CC1CC1. The normalized spacial score (nSPS) is 22.1. The van der Waals surface area contributed by atoms with Crippen molar-refractivity contribution in [3.05, 3.63) is 0 Å². The fourth-order valence-electron chi connectivity index (χ4n) is 2.43. The van der Waals surface area contributed by atoms with Crippen molar-refractivity contribution in [1.29, 1.82) is 0 Å². The summed E-state index contributed by atoms with van der Waals surface area (Å²) in [6, 6.07) is 1.02. The molecule has 0 spiro atoms. The maximum Gasteiger partial charge on any atom is 0.0585 e. The van der Waals surface area contributed by atoms with Gasteiger partial charge in [-0.05, 0) is 57.5 Å². The lowest BCUT2D eigenvalue weighted by Gasteiger charge is -2.24. The van der Waals surface area contributed by atoms with Crippen LogP contribution in [-0.4, -0.2) is 48.3 Å². The number of nitrogens with one attached hydrogen (secondary N) is 1. The van der Waals surface area contributed by atoms with Crippen LogP contribution in [0.2, 0.25) is 0 Å². The zero-order chi connectivity index (χ0) is 12.1. The van der Waals surface area contributed by atoms with Crippen LogP contribution in [0.5, 0.6) is 0 Å². The summed E-state index contributed by atoms with van der Waals surface area (Å²) >= 11 is 0. The molecule has 2 N–H and O–H groups in total. The molecule has 2 aliphatic carbocycles. The van der Waals surface area contributed by atoms with Crippen LogP contribution in [0.25, 0.3) is 0 Å². The van der Waals surface area contributed by atoms with E-state index in [0.717, 1.165) is 18.9 Å². The predicted octanol–water partition coefficient (Wildman–Crippen LogP) is 1.61. The Balaban J connectivity index is 1.63. The summed E-state index contributed by atoms with van der Waals surface area (Å²) in [5.74, 6) is 0.977. The lowest BCUT2D eigenvalue weighted by molar-refractivity contribution is 0.201. The summed E-state index contributed by atoms with van der Waals surface area (Å²) < 4.78 is 0. The molecule has 1 unspecified atom stereocenters. The zero-order valence-corrected chi connectivity index (χ0v) is 11.2. The van der Waals surface area contributed by atoms with Crippen LogP contribution in [-0.2, 0) is 0 Å². The van der Waals surface area contributed by atoms with Gasteiger partial charge in [0, 0.05) is 18.6 Å². The van der Waals surface area contributed by atoms with Crippen molar-refractivity contribution >= 4 is 0 Å². The van der Waals surface area contributed by atoms with Gasteiger partial charge >= 0.3 is 0 Å². The Bertz CT molecular complexity index is 214. The van der Waals surface area contributed by atoms with Gasteiger partial charge in [0.1, 0.15) is 0 Å². The maximum absolute atomic E-state index is 9.36. The predicted molar refractivity (Wildman–Crippen MR) is 71.1 cm³/mol. The van der Waals surface area contributed by atoms with E-state index in [1.165, 1.54) is 45.2 Å². The van der Waals surface area contributed by atoms with E-state index >= 15 is 0 Å². The molecule has 0 amide bonds. The van der Waals surface area contributed by atoms with Crippen LogP contribution in [0.15, 0.2) is 0 Å². The minimum Gasteiger partial charge on any atom is -0.395 e. The van der Waals surface area contributed by atoms with Crippen LogP contribution >= 0.6 is 0 Å². The van der Waals surface area contributed by atoms with Crippen LogP contribution < -0.4 is 5.32 Å². The smallest absolute Gasteiger partial charge is 0.0585 e. The van der Waals surface area contributed by atoms with E-state index in [9.17, 15) is 5.11 Å². The molecule has 0 heterocycles. The van der Waals surface area contributed by atoms with Gasteiger partial charge in [0.2, 0.25) is 0 Å². The van der Waals surface area contributed by atoms with Crippen molar-refractivity contribution < 1.29 is 5.11 Å². The quantitative estimate of drug-likeness (QED) is 0.609. The second kappa shape index (κ2) is 6.72. The van der Waals surface area contributed by atoms with E-state index in [1.807, 2.05) is 0 Å². The van der Waals surface area contributed by atoms with E-state index in [0.29, 0.717) is 18.7 Å². The third kappa shape index (κ3) is 5.36. The zero-order valence-electron chi connectivity index (χ0n) is 11.2.